The molecule has 3 aromatic heterocycles. The van der Waals surface area contributed by atoms with E-state index >= 15 is 0 Å². The summed E-state index contributed by atoms with van der Waals surface area (Å²) in [5.41, 5.74) is 9.16. The number of anilines is 6. The van der Waals surface area contributed by atoms with Crippen molar-refractivity contribution < 1.29 is 56.1 Å². The minimum atomic E-state index is -4.61. The number of amides is 2. The van der Waals surface area contributed by atoms with Crippen molar-refractivity contribution in [3.8, 4) is 17.2 Å². The fraction of sp³-hybridized carbons (Fsp3) is 0.0337. The molecule has 15 aromatic carbocycles. The van der Waals surface area contributed by atoms with Gasteiger partial charge in [0.1, 0.15) is 29.4 Å². The molecule has 18 aromatic rings. The van der Waals surface area contributed by atoms with Gasteiger partial charge < -0.3 is 45.8 Å². The molecule has 0 saturated heterocycles. The van der Waals surface area contributed by atoms with Gasteiger partial charge in [0.25, 0.3) is 11.8 Å². The van der Waals surface area contributed by atoms with Crippen molar-refractivity contribution in [2.24, 2.45) is 30.7 Å². The molecule has 0 unspecified atom stereocenters. The molecule has 0 atom stereocenters. The first-order valence-electron chi connectivity index (χ1n) is 35.5. The third-order valence-corrected chi connectivity index (χ3v) is 20.0. The third-order valence-electron chi connectivity index (χ3n) is 20.0. The van der Waals surface area contributed by atoms with Crippen molar-refractivity contribution in [2.45, 2.75) is 19.0 Å². The second-order valence-electron chi connectivity index (χ2n) is 27.0. The first-order chi connectivity index (χ1) is 55.3. The number of phenols is 3. The van der Waals surface area contributed by atoms with Crippen molar-refractivity contribution in [1.29, 1.82) is 0 Å². The number of hydrogen-bond acceptors (Lipinski definition) is 14. The van der Waals surface area contributed by atoms with Crippen LogP contribution in [-0.4, -0.2) is 42.1 Å². The maximum Gasteiger partial charge on any atom is 0.416 e. The zero-order valence-electron chi connectivity index (χ0n) is 60.1. The van der Waals surface area contributed by atoms with Crippen molar-refractivity contribution in [3.05, 3.63) is 307 Å². The Morgan fingerprint density at radius 2 is 0.726 bits per heavy atom. The normalized spacial score (nSPS) is 11.9. The van der Waals surface area contributed by atoms with Crippen LogP contribution in [0.5, 0.6) is 17.2 Å². The molecule has 28 heteroatoms. The fourth-order valence-electron chi connectivity index (χ4n) is 14.5. The van der Waals surface area contributed by atoms with Crippen LogP contribution in [0.25, 0.3) is 97.7 Å². The second kappa shape index (κ2) is 29.3. The van der Waals surface area contributed by atoms with E-state index in [2.05, 4.69) is 47.4 Å². The molecule has 586 valence electrons. The number of aromatic amines is 3. The Hall–Kier alpha value is -18.2. The maximum atomic E-state index is 14.1. The standard InChI is InChI=1S/C89H56F6N13O6.3Cf/c90-88(91,92)52-21-25-55(26-22-52)97-87(113)70-46-50-20-43-68-65-14-6-9-17-73(65)100-79(68)76(50)82(85(70)111)106-103-58-33-39-62(40-34-58)108(61-37-31-57(32-38-61)102-105-81-75-49(19-42-67-64-13-5-8-16-72(64)99-78(67)75)45-69(84(81)110)86(112)96-54-10-2-1-3-11-54)60-35-29-56(30-36-60)101-104-80-74-48(18-41-66-63-12-4-7-15-71(63)98-77(66)74)44-51(83(80)109)47-114-107-59-27-23-53(24-28-59)89(93,94)95;;;/h2-46,98-100,107,109-111H,47H2,(H,96,112)(H,97,113);;;/q-1;;;. The number of alkyl halides is 6. The van der Waals surface area contributed by atoms with Gasteiger partial charge in [-0.3, -0.25) is 19.9 Å². The van der Waals surface area contributed by atoms with Crippen LogP contribution in [0.4, 0.5) is 94.6 Å². The molecule has 0 spiro atoms. The molecular formula is C89H56Cf3F6N13O6-. The molecule has 0 fully saturated rings. The summed E-state index contributed by atoms with van der Waals surface area (Å²) in [6, 6.07) is 78.5. The quantitative estimate of drug-likeness (QED) is 0.0183. The van der Waals surface area contributed by atoms with Gasteiger partial charge in [-0.15, -0.1) is 27.5 Å². The van der Waals surface area contributed by atoms with Crippen molar-refractivity contribution >= 4 is 178 Å². The Morgan fingerprint density at radius 3 is 1.10 bits per heavy atom. The van der Waals surface area contributed by atoms with E-state index in [1.54, 1.807) is 91.0 Å². The van der Waals surface area contributed by atoms with E-state index in [1.807, 2.05) is 132 Å². The van der Waals surface area contributed by atoms with E-state index < -0.39 is 46.8 Å². The zero-order valence-corrected chi connectivity index (χ0v) is 68.0. The van der Waals surface area contributed by atoms with Gasteiger partial charge in [-0.05, 0) is 174 Å². The summed E-state index contributed by atoms with van der Waals surface area (Å²) in [5, 5.41) is 78.9. The molecule has 117 heavy (non-hydrogen) atoms. The minimum Gasteiger partial charge on any atom is -0.505 e. The number of carbonyl (C=O) groups is 2. The summed E-state index contributed by atoms with van der Waals surface area (Å²) < 4.78 is 80.8. The molecule has 0 radical (unpaired) electrons. The number of carbonyl (C=O) groups excluding carboxylic acids is 2. The number of rotatable bonds is 17. The number of nitrogens with zero attached hydrogens (tertiary/aromatic N) is 7. The first-order valence-corrected chi connectivity index (χ1v) is 35.5. The number of H-pyrrole nitrogens is 3. The number of nitrogens with one attached hydrogen (secondary N) is 6. The molecule has 3 heterocycles. The number of para-hydroxylation sites is 3. The smallest absolute Gasteiger partial charge is 0.416 e. The molecule has 2 amide bonds. The first kappa shape index (κ1) is 74.2. The molecule has 0 bridgehead atoms. The van der Waals surface area contributed by atoms with Gasteiger partial charge in [0.05, 0.1) is 61.6 Å². The number of fused-ring (bicyclic) bond motifs is 15. The minimum absolute atomic E-state index is 0. The van der Waals surface area contributed by atoms with Crippen LogP contribution >= 0.6 is 0 Å². The predicted molar refractivity (Wildman–Crippen MR) is 431 cm³/mol. The van der Waals surface area contributed by atoms with Crippen LogP contribution in [0.15, 0.2) is 304 Å². The van der Waals surface area contributed by atoms with Gasteiger partial charge in [-0.1, -0.05) is 96.7 Å². The molecular weight excluding hydrogens is 2210 g/mol. The molecule has 0 saturated carbocycles. The van der Waals surface area contributed by atoms with Gasteiger partial charge in [0, 0.05) is 93.3 Å². The van der Waals surface area contributed by atoms with Crippen molar-refractivity contribution in [2.75, 3.05) is 21.0 Å². The number of azo groups is 3. The zero-order chi connectivity index (χ0) is 78.1. The number of hydrogen-bond donors (Lipinski definition) is 9. The monoisotopic (exact) mass is 2260 g/mol. The Balaban J connectivity index is 0.00000358. The van der Waals surface area contributed by atoms with Crippen LogP contribution in [-0.2, 0) is 23.8 Å². The van der Waals surface area contributed by atoms with Gasteiger partial charge >= 0.3 is 12.4 Å². The van der Waals surface area contributed by atoms with E-state index in [9.17, 15) is 51.3 Å². The van der Waals surface area contributed by atoms with E-state index in [1.165, 1.54) is 18.2 Å². The predicted octanol–water partition coefficient (Wildman–Crippen LogP) is 25.8. The number of aromatic nitrogens is 3. The van der Waals surface area contributed by atoms with Gasteiger partial charge in [-0.2, -0.15) is 59.9 Å². The molecule has 0 aliphatic rings. The number of aromatic hydroxyl groups is 3. The van der Waals surface area contributed by atoms with Crippen LogP contribution < -0.4 is 21.0 Å². The van der Waals surface area contributed by atoms with E-state index in [-0.39, 0.29) is 51.9 Å². The SMILES string of the molecule is O=C(Nc1cc[c-]cc1)c1cc2ccc3c4ccccc4[nH]c3c2c(N=Nc2ccc(N(c3ccc(N=Nc4c(O)c(CONc5ccc(C(F)(F)F)cc5)cc5ccc6c7ccccc7[nH]c6c45)cc3)c3ccc(N=Nc4c(O)c(C(=O)Nc5ccc(C(F)(F)F)cc5)cc5ccc6c7ccccc7[nH]c6c45)cc3)cc2)c1O.[Cf].[Cf].[Cf]. The molecule has 18 rings (SSSR count). The third kappa shape index (κ3) is 13.6. The largest absolute Gasteiger partial charge is 0.505 e. The average Bonchev–Trinajstić information content (AvgIpc) is 1.68. The van der Waals surface area contributed by atoms with Crippen molar-refractivity contribution in [3.63, 3.8) is 0 Å². The topological polar surface area (TPSA) is 265 Å². The molecule has 9 N–H and O–H groups in total. The molecule has 0 aliphatic carbocycles. The van der Waals surface area contributed by atoms with Crippen LogP contribution in [0.2, 0.25) is 0 Å². The number of benzene rings is 15. The number of phenolic OH excluding ortho intramolecular Hbond substituents is 3. The Morgan fingerprint density at radius 1 is 0.385 bits per heavy atom. The van der Waals surface area contributed by atoms with E-state index in [4.69, 9.17) is 25.3 Å². The van der Waals surface area contributed by atoms with E-state index in [0.717, 1.165) is 85.3 Å². The summed E-state index contributed by atoms with van der Waals surface area (Å²) in [6.45, 7) is -0.240. The average molecular weight is 2270 g/mol. The van der Waals surface area contributed by atoms with Gasteiger partial charge in [0.15, 0.2) is 11.5 Å². The Bertz CT molecular complexity index is 7010. The summed E-state index contributed by atoms with van der Waals surface area (Å²) in [7, 11) is 0. The summed E-state index contributed by atoms with van der Waals surface area (Å²) in [6.07, 6.45) is -9.14. The summed E-state index contributed by atoms with van der Waals surface area (Å²) in [5.74, 6) is -2.60. The van der Waals surface area contributed by atoms with Crippen molar-refractivity contribution in [1.82, 2.24) is 15.0 Å². The van der Waals surface area contributed by atoms with Crippen LogP contribution in [0, 0.1) is 6.07 Å². The summed E-state index contributed by atoms with van der Waals surface area (Å²) in [4.78, 5) is 46.3. The summed E-state index contributed by atoms with van der Waals surface area (Å²) >= 11 is 0. The Kier molecular flexibility index (Phi) is 18.6. The molecule has 19 nitrogen and oxygen atoms in total. The van der Waals surface area contributed by atoms with Gasteiger partial charge in [0.2, 0.25) is 0 Å². The van der Waals surface area contributed by atoms with Gasteiger partial charge in [-0.25, -0.2) is 0 Å². The van der Waals surface area contributed by atoms with E-state index in [0.29, 0.717) is 94.2 Å². The van der Waals surface area contributed by atoms with Crippen LogP contribution in [0.1, 0.15) is 37.4 Å². The Labute approximate surface area is 640 Å². The maximum absolute atomic E-state index is 14.1. The molecule has 0 aliphatic heterocycles. The van der Waals surface area contributed by atoms with Crippen LogP contribution in [0.3, 0.4) is 0 Å². The number of halogens is 6. The second-order valence-corrected chi connectivity index (χ2v) is 27.0. The fourth-order valence-corrected chi connectivity index (χ4v) is 14.5.